The van der Waals surface area contributed by atoms with Crippen molar-refractivity contribution in [3.8, 4) is 11.5 Å². The number of aliphatic imine (C=N–C) groups is 1. The summed E-state index contributed by atoms with van der Waals surface area (Å²) in [5.74, 6) is 1.39. The molecule has 2 aromatic carbocycles. The molecule has 0 aliphatic rings. The maximum Gasteiger partial charge on any atom is 0.175 e. The molecule has 0 amide bonds. The van der Waals surface area contributed by atoms with E-state index < -0.39 is 0 Å². The highest BCUT2D eigenvalue weighted by molar-refractivity contribution is 9.10. The van der Waals surface area contributed by atoms with Crippen LogP contribution in [0.3, 0.4) is 0 Å². The number of rotatable bonds is 6. The van der Waals surface area contributed by atoms with Crippen molar-refractivity contribution in [1.82, 2.24) is 0 Å². The fourth-order valence-corrected chi connectivity index (χ4v) is 2.72. The molecule has 0 aliphatic carbocycles. The van der Waals surface area contributed by atoms with Crippen LogP contribution in [0.25, 0.3) is 0 Å². The van der Waals surface area contributed by atoms with E-state index in [-0.39, 0.29) is 0 Å². The average Bonchev–Trinajstić information content (AvgIpc) is 2.54. The molecule has 5 heteroatoms. The molecule has 0 aliphatic heterocycles. The number of ether oxygens (including phenoxy) is 2. The third-order valence-electron chi connectivity index (χ3n) is 3.22. The third kappa shape index (κ3) is 4.72. The molecule has 3 nitrogen and oxygen atoms in total. The Morgan fingerprint density at radius 1 is 1.26 bits per heavy atom. The molecule has 23 heavy (non-hydrogen) atoms. The average molecular weight is 397 g/mol. The molecule has 122 valence electrons. The lowest BCUT2D eigenvalue weighted by atomic mass is 10.2. The van der Waals surface area contributed by atoms with Crippen LogP contribution in [0, 0.1) is 6.92 Å². The summed E-state index contributed by atoms with van der Waals surface area (Å²) in [4.78, 5) is 4.46. The summed E-state index contributed by atoms with van der Waals surface area (Å²) in [7, 11) is 1.63. The van der Waals surface area contributed by atoms with Crippen molar-refractivity contribution in [3.05, 3.63) is 51.0 Å². The van der Waals surface area contributed by atoms with Crippen LogP contribution in [0.15, 0.2) is 39.8 Å². The lowest BCUT2D eigenvalue weighted by Crippen LogP contribution is -1.99. The normalized spacial score (nSPS) is 11.0. The molecule has 0 saturated carbocycles. The van der Waals surface area contributed by atoms with Gasteiger partial charge in [0.25, 0.3) is 0 Å². The summed E-state index contributed by atoms with van der Waals surface area (Å²) in [6.45, 7) is 4.67. The van der Waals surface area contributed by atoms with Gasteiger partial charge in [-0.15, -0.1) is 0 Å². The summed E-state index contributed by atoms with van der Waals surface area (Å²) in [6, 6.07) is 9.58. The molecular weight excluding hydrogens is 378 g/mol. The molecule has 0 radical (unpaired) electrons. The minimum absolute atomic E-state index is 0.643. The second-order valence-electron chi connectivity index (χ2n) is 5.07. The van der Waals surface area contributed by atoms with Crippen molar-refractivity contribution in [3.63, 3.8) is 0 Å². The zero-order valence-corrected chi connectivity index (χ0v) is 15.7. The summed E-state index contributed by atoms with van der Waals surface area (Å²) in [6.07, 6.45) is 2.71. The van der Waals surface area contributed by atoms with Crippen LogP contribution in [-0.2, 0) is 0 Å². The van der Waals surface area contributed by atoms with Crippen molar-refractivity contribution in [2.75, 3.05) is 13.7 Å². The molecule has 0 unspecified atom stereocenters. The van der Waals surface area contributed by atoms with Gasteiger partial charge in [-0.25, -0.2) is 0 Å². The van der Waals surface area contributed by atoms with Crippen LogP contribution < -0.4 is 9.47 Å². The first-order valence-corrected chi connectivity index (χ1v) is 8.52. The minimum atomic E-state index is 0.643. The largest absolute Gasteiger partial charge is 0.493 e. The Balaban J connectivity index is 2.27. The van der Waals surface area contributed by atoms with Gasteiger partial charge in [-0.3, -0.25) is 4.99 Å². The van der Waals surface area contributed by atoms with Crippen molar-refractivity contribution in [2.45, 2.75) is 20.3 Å². The Labute approximate surface area is 150 Å². The van der Waals surface area contributed by atoms with E-state index in [1.807, 2.05) is 37.3 Å². The summed E-state index contributed by atoms with van der Waals surface area (Å²) < 4.78 is 12.0. The number of hydrogen-bond donors (Lipinski definition) is 0. The predicted molar refractivity (Wildman–Crippen MR) is 99.9 cm³/mol. The lowest BCUT2D eigenvalue weighted by molar-refractivity contribution is 0.292. The van der Waals surface area contributed by atoms with Crippen LogP contribution in [0.4, 0.5) is 5.69 Å². The van der Waals surface area contributed by atoms with Crippen LogP contribution in [0.1, 0.15) is 24.5 Å². The molecule has 0 atom stereocenters. The van der Waals surface area contributed by atoms with E-state index in [9.17, 15) is 0 Å². The maximum absolute atomic E-state index is 6.12. The highest BCUT2D eigenvalue weighted by Gasteiger charge is 2.10. The fraction of sp³-hybridized carbons (Fsp3) is 0.278. The van der Waals surface area contributed by atoms with Crippen LogP contribution in [0.2, 0.25) is 5.02 Å². The van der Waals surface area contributed by atoms with Gasteiger partial charge in [0, 0.05) is 11.2 Å². The molecule has 2 rings (SSSR count). The van der Waals surface area contributed by atoms with Gasteiger partial charge < -0.3 is 9.47 Å². The SMILES string of the molecule is CCCOc1c(Br)cc(C=Nc2ccc(C)c(Cl)c2)cc1OC. The second-order valence-corrected chi connectivity index (χ2v) is 6.34. The zero-order valence-electron chi connectivity index (χ0n) is 13.4. The van der Waals surface area contributed by atoms with Crippen LogP contribution in [-0.4, -0.2) is 19.9 Å². The lowest BCUT2D eigenvalue weighted by Gasteiger charge is -2.12. The molecule has 0 fully saturated rings. The van der Waals surface area contributed by atoms with E-state index in [1.165, 1.54) is 0 Å². The number of benzene rings is 2. The first-order chi connectivity index (χ1) is 11.0. The van der Waals surface area contributed by atoms with Gasteiger partial charge in [-0.1, -0.05) is 24.6 Å². The van der Waals surface area contributed by atoms with E-state index in [1.54, 1.807) is 13.3 Å². The molecule has 0 spiro atoms. The number of aryl methyl sites for hydroxylation is 1. The monoisotopic (exact) mass is 395 g/mol. The Morgan fingerprint density at radius 2 is 2.04 bits per heavy atom. The van der Waals surface area contributed by atoms with Gasteiger partial charge in [-0.2, -0.15) is 0 Å². The highest BCUT2D eigenvalue weighted by atomic mass is 79.9. The molecular formula is C18H19BrClNO2. The third-order valence-corrected chi connectivity index (χ3v) is 4.22. The van der Waals surface area contributed by atoms with Crippen molar-refractivity contribution in [2.24, 2.45) is 4.99 Å². The van der Waals surface area contributed by atoms with Gasteiger partial charge in [-0.05, 0) is 64.7 Å². The van der Waals surface area contributed by atoms with Crippen molar-refractivity contribution in [1.29, 1.82) is 0 Å². The molecule has 0 bridgehead atoms. The topological polar surface area (TPSA) is 30.8 Å². The van der Waals surface area contributed by atoms with Gasteiger partial charge in [0.05, 0.1) is 23.9 Å². The number of hydrogen-bond acceptors (Lipinski definition) is 3. The summed E-state index contributed by atoms with van der Waals surface area (Å²) in [5, 5.41) is 0.710. The van der Waals surface area contributed by atoms with E-state index in [4.69, 9.17) is 21.1 Å². The number of methoxy groups -OCH3 is 1. The van der Waals surface area contributed by atoms with Crippen LogP contribution >= 0.6 is 27.5 Å². The summed E-state index contributed by atoms with van der Waals surface area (Å²) >= 11 is 9.65. The second kappa shape index (κ2) is 8.37. The standard InChI is InChI=1S/C18H19BrClNO2/c1-4-7-23-18-15(19)8-13(9-17(18)22-3)11-21-14-6-5-12(2)16(20)10-14/h5-6,8-11H,4,7H2,1-3H3. The smallest absolute Gasteiger partial charge is 0.175 e. The quantitative estimate of drug-likeness (QED) is 0.564. The minimum Gasteiger partial charge on any atom is -0.493 e. The zero-order chi connectivity index (χ0) is 16.8. The van der Waals surface area contributed by atoms with E-state index >= 15 is 0 Å². The maximum atomic E-state index is 6.12. The van der Waals surface area contributed by atoms with Crippen molar-refractivity contribution < 1.29 is 9.47 Å². The first kappa shape index (κ1) is 17.8. The van der Waals surface area contributed by atoms with Crippen LogP contribution in [0.5, 0.6) is 11.5 Å². The molecule has 0 aromatic heterocycles. The van der Waals surface area contributed by atoms with Crippen molar-refractivity contribution >= 4 is 39.4 Å². The molecule has 0 N–H and O–H groups in total. The number of nitrogens with zero attached hydrogens (tertiary/aromatic N) is 1. The summed E-state index contributed by atoms with van der Waals surface area (Å²) in [5.41, 5.74) is 2.75. The Hall–Kier alpha value is -1.52. The van der Waals surface area contributed by atoms with E-state index in [0.717, 1.165) is 27.7 Å². The van der Waals surface area contributed by atoms with Gasteiger partial charge in [0.15, 0.2) is 11.5 Å². The fourth-order valence-electron chi connectivity index (χ4n) is 1.97. The Kier molecular flexibility index (Phi) is 6.48. The first-order valence-electron chi connectivity index (χ1n) is 7.35. The van der Waals surface area contributed by atoms with E-state index in [2.05, 4.69) is 27.8 Å². The predicted octanol–water partition coefficient (Wildman–Crippen LogP) is 5.96. The molecule has 0 heterocycles. The Morgan fingerprint density at radius 3 is 2.70 bits per heavy atom. The van der Waals surface area contributed by atoms with Gasteiger partial charge in [0.1, 0.15) is 0 Å². The number of halogens is 2. The van der Waals surface area contributed by atoms with Gasteiger partial charge >= 0.3 is 0 Å². The Bertz CT molecular complexity index is 716. The van der Waals surface area contributed by atoms with Gasteiger partial charge in [0.2, 0.25) is 0 Å². The highest BCUT2D eigenvalue weighted by Crippen LogP contribution is 2.36. The van der Waals surface area contributed by atoms with E-state index in [0.29, 0.717) is 23.1 Å². The molecule has 2 aromatic rings. The molecule has 0 saturated heterocycles.